The topological polar surface area (TPSA) is 61.9 Å². The van der Waals surface area contributed by atoms with Gasteiger partial charge in [-0.15, -0.1) is 0 Å². The molecule has 0 aliphatic carbocycles. The summed E-state index contributed by atoms with van der Waals surface area (Å²) in [6, 6.07) is 10.4. The summed E-state index contributed by atoms with van der Waals surface area (Å²) in [6.45, 7) is 1.70. The van der Waals surface area contributed by atoms with Crippen molar-refractivity contribution >= 4 is 0 Å². The zero-order chi connectivity index (χ0) is 17.2. The number of aromatic nitrogens is 3. The summed E-state index contributed by atoms with van der Waals surface area (Å²) in [5, 5.41) is 0. The number of nitrogens with zero attached hydrogens (tertiary/aromatic N) is 3. The van der Waals surface area contributed by atoms with Crippen LogP contribution in [0.15, 0.2) is 53.6 Å². The number of pyridine rings is 1. The molecule has 0 fully saturated rings. The standard InChI is InChI=1S/C19H17FN4O/c20-16-4-2-1-3-14(16)11-24-10-7-17-15(12-24)19(25)23-18(22-17)13-5-8-21-9-6-13/h1-6,8-9H,7,10-12H2,(H,22,23,25). The summed E-state index contributed by atoms with van der Waals surface area (Å²) in [4.78, 5) is 26.0. The highest BCUT2D eigenvalue weighted by Gasteiger charge is 2.22. The van der Waals surface area contributed by atoms with E-state index in [4.69, 9.17) is 0 Å². The Hall–Kier alpha value is -2.86. The van der Waals surface area contributed by atoms with Gasteiger partial charge in [0.1, 0.15) is 11.6 Å². The highest BCUT2D eigenvalue weighted by molar-refractivity contribution is 5.54. The maximum Gasteiger partial charge on any atom is 0.255 e. The highest BCUT2D eigenvalue weighted by Crippen LogP contribution is 2.20. The van der Waals surface area contributed by atoms with Gasteiger partial charge in [0, 0.05) is 49.6 Å². The molecular weight excluding hydrogens is 319 g/mol. The van der Waals surface area contributed by atoms with E-state index in [2.05, 4.69) is 19.9 Å². The lowest BCUT2D eigenvalue weighted by molar-refractivity contribution is 0.238. The SMILES string of the molecule is O=c1[nH]c(-c2ccncc2)nc2c1CN(Cc1ccccc1F)CC2. The van der Waals surface area contributed by atoms with Crippen molar-refractivity contribution in [2.45, 2.75) is 19.5 Å². The van der Waals surface area contributed by atoms with Gasteiger partial charge in [-0.2, -0.15) is 0 Å². The van der Waals surface area contributed by atoms with Crippen LogP contribution in [-0.2, 0) is 19.5 Å². The maximum atomic E-state index is 13.8. The van der Waals surface area contributed by atoms with Crippen LogP contribution in [0, 0.1) is 5.82 Å². The molecule has 2 aromatic heterocycles. The van der Waals surface area contributed by atoms with Crippen molar-refractivity contribution in [1.82, 2.24) is 19.9 Å². The van der Waals surface area contributed by atoms with Gasteiger partial charge in [-0.3, -0.25) is 14.7 Å². The molecule has 0 spiro atoms. The Morgan fingerprint density at radius 2 is 1.96 bits per heavy atom. The normalized spacial score (nSPS) is 14.3. The fourth-order valence-electron chi connectivity index (χ4n) is 3.13. The molecule has 1 aliphatic rings. The lowest BCUT2D eigenvalue weighted by Crippen LogP contribution is -2.35. The average molecular weight is 336 g/mol. The zero-order valence-electron chi connectivity index (χ0n) is 13.6. The van der Waals surface area contributed by atoms with Crippen molar-refractivity contribution in [2.75, 3.05) is 6.54 Å². The smallest absolute Gasteiger partial charge is 0.255 e. The van der Waals surface area contributed by atoms with Crippen molar-refractivity contribution in [3.8, 4) is 11.4 Å². The molecule has 6 heteroatoms. The van der Waals surface area contributed by atoms with Crippen LogP contribution in [0.4, 0.5) is 4.39 Å². The molecule has 4 rings (SSSR count). The molecule has 25 heavy (non-hydrogen) atoms. The molecule has 0 saturated heterocycles. The number of nitrogens with one attached hydrogen (secondary N) is 1. The Balaban J connectivity index is 1.60. The Kier molecular flexibility index (Phi) is 4.11. The van der Waals surface area contributed by atoms with E-state index in [-0.39, 0.29) is 11.4 Å². The van der Waals surface area contributed by atoms with Gasteiger partial charge in [0.2, 0.25) is 0 Å². The molecular formula is C19H17FN4O. The van der Waals surface area contributed by atoms with E-state index >= 15 is 0 Å². The summed E-state index contributed by atoms with van der Waals surface area (Å²) in [7, 11) is 0. The van der Waals surface area contributed by atoms with Gasteiger partial charge in [0.15, 0.2) is 0 Å². The van der Waals surface area contributed by atoms with E-state index in [1.54, 1.807) is 24.5 Å². The maximum absolute atomic E-state index is 13.8. The minimum atomic E-state index is -0.214. The zero-order valence-corrected chi connectivity index (χ0v) is 13.6. The summed E-state index contributed by atoms with van der Waals surface area (Å²) in [6.07, 6.45) is 4.02. The van der Waals surface area contributed by atoms with Crippen molar-refractivity contribution in [3.63, 3.8) is 0 Å². The van der Waals surface area contributed by atoms with E-state index in [0.29, 0.717) is 36.5 Å². The molecule has 1 aromatic carbocycles. The first-order valence-electron chi connectivity index (χ1n) is 8.19. The first kappa shape index (κ1) is 15.7. The van der Waals surface area contributed by atoms with Gasteiger partial charge in [-0.1, -0.05) is 18.2 Å². The molecule has 0 atom stereocenters. The molecule has 0 saturated carbocycles. The molecule has 1 aliphatic heterocycles. The van der Waals surface area contributed by atoms with Crippen LogP contribution < -0.4 is 5.56 Å². The monoisotopic (exact) mass is 336 g/mol. The lowest BCUT2D eigenvalue weighted by atomic mass is 10.1. The van der Waals surface area contributed by atoms with E-state index in [1.807, 2.05) is 18.2 Å². The van der Waals surface area contributed by atoms with Crippen LogP contribution >= 0.6 is 0 Å². The number of rotatable bonds is 3. The van der Waals surface area contributed by atoms with Crippen LogP contribution in [0.1, 0.15) is 16.8 Å². The summed E-state index contributed by atoms with van der Waals surface area (Å²) < 4.78 is 13.8. The predicted molar refractivity (Wildman–Crippen MR) is 92.3 cm³/mol. The van der Waals surface area contributed by atoms with Gasteiger partial charge in [0.05, 0.1) is 11.3 Å². The van der Waals surface area contributed by atoms with E-state index in [9.17, 15) is 9.18 Å². The number of H-pyrrole nitrogens is 1. The second-order valence-corrected chi connectivity index (χ2v) is 6.13. The second-order valence-electron chi connectivity index (χ2n) is 6.13. The molecule has 0 bridgehead atoms. The van der Waals surface area contributed by atoms with Crippen LogP contribution in [0.25, 0.3) is 11.4 Å². The predicted octanol–water partition coefficient (Wildman–Crippen LogP) is 2.53. The quantitative estimate of drug-likeness (QED) is 0.798. The minimum Gasteiger partial charge on any atom is -0.306 e. The number of hydrogen-bond acceptors (Lipinski definition) is 4. The molecule has 3 heterocycles. The van der Waals surface area contributed by atoms with Gasteiger partial charge in [-0.05, 0) is 18.2 Å². The van der Waals surface area contributed by atoms with Crippen molar-refractivity contribution in [1.29, 1.82) is 0 Å². The third-order valence-corrected chi connectivity index (χ3v) is 4.45. The lowest BCUT2D eigenvalue weighted by Gasteiger charge is -2.27. The van der Waals surface area contributed by atoms with Crippen molar-refractivity contribution in [2.24, 2.45) is 0 Å². The molecule has 0 radical (unpaired) electrons. The first-order chi connectivity index (χ1) is 12.2. The largest absolute Gasteiger partial charge is 0.306 e. The third kappa shape index (κ3) is 3.21. The Labute approximate surface area is 144 Å². The van der Waals surface area contributed by atoms with E-state index in [1.165, 1.54) is 6.07 Å². The number of aromatic amines is 1. The fraction of sp³-hybridized carbons (Fsp3) is 0.211. The fourth-order valence-corrected chi connectivity index (χ4v) is 3.13. The molecule has 126 valence electrons. The molecule has 0 unspecified atom stereocenters. The van der Waals surface area contributed by atoms with Crippen LogP contribution in [0.3, 0.4) is 0 Å². The number of benzene rings is 1. The first-order valence-corrected chi connectivity index (χ1v) is 8.19. The second kappa shape index (κ2) is 6.57. The minimum absolute atomic E-state index is 0.130. The van der Waals surface area contributed by atoms with Crippen LogP contribution in [-0.4, -0.2) is 26.4 Å². The van der Waals surface area contributed by atoms with E-state index in [0.717, 1.165) is 17.8 Å². The van der Waals surface area contributed by atoms with Gasteiger partial charge >= 0.3 is 0 Å². The van der Waals surface area contributed by atoms with Crippen molar-refractivity contribution < 1.29 is 4.39 Å². The van der Waals surface area contributed by atoms with Crippen LogP contribution in [0.5, 0.6) is 0 Å². The van der Waals surface area contributed by atoms with Gasteiger partial charge in [-0.25, -0.2) is 9.37 Å². The number of hydrogen-bond donors (Lipinski definition) is 1. The Bertz CT molecular complexity index is 955. The van der Waals surface area contributed by atoms with E-state index < -0.39 is 0 Å². The average Bonchev–Trinajstić information content (AvgIpc) is 2.65. The summed E-state index contributed by atoms with van der Waals surface area (Å²) in [5.74, 6) is 0.349. The number of fused-ring (bicyclic) bond motifs is 1. The molecule has 3 aromatic rings. The Morgan fingerprint density at radius 3 is 2.76 bits per heavy atom. The van der Waals surface area contributed by atoms with Crippen molar-refractivity contribution in [3.05, 3.63) is 81.8 Å². The Morgan fingerprint density at radius 1 is 1.16 bits per heavy atom. The molecule has 1 N–H and O–H groups in total. The van der Waals surface area contributed by atoms with Crippen LogP contribution in [0.2, 0.25) is 0 Å². The summed E-state index contributed by atoms with van der Waals surface area (Å²) >= 11 is 0. The summed E-state index contributed by atoms with van der Waals surface area (Å²) in [5.41, 5.74) is 2.84. The molecule has 0 amide bonds. The number of halogens is 1. The highest BCUT2D eigenvalue weighted by atomic mass is 19.1. The third-order valence-electron chi connectivity index (χ3n) is 4.45. The molecule has 5 nitrogen and oxygen atoms in total. The van der Waals surface area contributed by atoms with Gasteiger partial charge < -0.3 is 4.98 Å². The van der Waals surface area contributed by atoms with Gasteiger partial charge in [0.25, 0.3) is 5.56 Å².